The molecule has 310 valence electrons. The maximum atomic E-state index is 11.2. The Bertz CT molecular complexity index is 2620. The van der Waals surface area contributed by atoms with E-state index in [1.165, 1.54) is 67.2 Å². The molecule has 0 heterocycles. The molecule has 4 fully saturated rings. The number of rotatable bonds is 5. The molecule has 7 nitrogen and oxygen atoms in total. The number of nitrogens with zero attached hydrogens (tertiary/aromatic N) is 2. The highest BCUT2D eigenvalue weighted by atomic mass is 16.4. The Labute approximate surface area is 356 Å². The number of hydrogen-bond donors (Lipinski definition) is 3. The summed E-state index contributed by atoms with van der Waals surface area (Å²) in [7, 11) is 0. The average molecular weight is 807 g/mol. The van der Waals surface area contributed by atoms with E-state index in [1.807, 2.05) is 36.4 Å². The summed E-state index contributed by atoms with van der Waals surface area (Å²) in [5.74, 6) is 2.46. The van der Waals surface area contributed by atoms with E-state index in [4.69, 9.17) is 13.8 Å². The third kappa shape index (κ3) is 7.88. The van der Waals surface area contributed by atoms with E-state index in [0.29, 0.717) is 22.8 Å². The van der Waals surface area contributed by atoms with Crippen LogP contribution in [-0.2, 0) is 10.8 Å². The number of phenolic OH excluding ortho intramolecular Hbond substituents is 1. The summed E-state index contributed by atoms with van der Waals surface area (Å²) >= 11 is 0. The van der Waals surface area contributed by atoms with Gasteiger partial charge in [0.25, 0.3) is 0 Å². The largest absolute Gasteiger partial charge is 0.508 e. The number of aromatic carboxylic acids is 2. The number of phenols is 1. The van der Waals surface area contributed by atoms with Crippen molar-refractivity contribution in [3.63, 3.8) is 0 Å². The summed E-state index contributed by atoms with van der Waals surface area (Å²) in [6, 6.07) is 36.0. The number of carbonyl (C=O) groups is 2. The van der Waals surface area contributed by atoms with Crippen molar-refractivity contribution in [3.05, 3.63) is 137 Å². The van der Waals surface area contributed by atoms with Crippen LogP contribution in [0, 0.1) is 34.5 Å². The molecule has 0 unspecified atom stereocenters. The van der Waals surface area contributed by atoms with Crippen LogP contribution in [0.2, 0.25) is 0 Å². The molecule has 4 saturated carbocycles. The van der Waals surface area contributed by atoms with Crippen molar-refractivity contribution in [3.8, 4) is 28.0 Å². The Kier molecular flexibility index (Phi) is 11.0. The van der Waals surface area contributed by atoms with Gasteiger partial charge in [0.15, 0.2) is 0 Å². The lowest BCUT2D eigenvalue weighted by Crippen LogP contribution is -2.43. The van der Waals surface area contributed by atoms with Crippen LogP contribution in [0.25, 0.3) is 43.8 Å². The number of aromatic hydroxyl groups is 1. The highest BCUT2D eigenvalue weighted by Crippen LogP contribution is 2.61. The van der Waals surface area contributed by atoms with E-state index in [9.17, 15) is 24.9 Å². The number of carboxylic acids is 2. The van der Waals surface area contributed by atoms with Crippen molar-refractivity contribution in [2.75, 3.05) is 0 Å². The molecule has 0 saturated heterocycles. The average Bonchev–Trinajstić information content (AvgIpc) is 3.26. The zero-order valence-electron chi connectivity index (χ0n) is 36.3. The zero-order valence-corrected chi connectivity index (χ0v) is 34.3. The van der Waals surface area contributed by atoms with Gasteiger partial charge < -0.3 is 15.3 Å². The van der Waals surface area contributed by atoms with Gasteiger partial charge in [-0.3, -0.25) is 0 Å². The molecular formula is C53H58N2O5. The van der Waals surface area contributed by atoms with E-state index in [1.54, 1.807) is 24.3 Å². The Morgan fingerprint density at radius 1 is 0.550 bits per heavy atom. The SMILES string of the molecule is C.CC1(C)CCC(C)(C)c2cc(-c3ccc4cc(C(=O)O)ccc4c3)ccc21.N#N.O=C(O)c1ccc2cc(-c3ccc(O)c(C4C5CC6CC(C5)CC4C6)c3)ccc2c1.[3H][3H]. The predicted molar refractivity (Wildman–Crippen MR) is 242 cm³/mol. The van der Waals surface area contributed by atoms with Crippen LogP contribution in [0.1, 0.15) is 126 Å². The van der Waals surface area contributed by atoms with Crippen LogP contribution < -0.4 is 0 Å². The molecule has 6 aromatic carbocycles. The van der Waals surface area contributed by atoms with Gasteiger partial charge in [0.05, 0.1) is 11.1 Å². The minimum atomic E-state index is -0.903. The molecule has 0 aromatic heterocycles. The number of fused-ring (bicyclic) bond motifs is 3. The smallest absolute Gasteiger partial charge is 0.335 e. The van der Waals surface area contributed by atoms with Crippen LogP contribution in [-0.4, -0.2) is 27.3 Å². The molecule has 6 aromatic rings. The van der Waals surface area contributed by atoms with Gasteiger partial charge >= 0.3 is 11.9 Å². The van der Waals surface area contributed by atoms with Crippen LogP contribution in [0.3, 0.4) is 0 Å². The van der Waals surface area contributed by atoms with Crippen molar-refractivity contribution < 1.29 is 27.9 Å². The van der Waals surface area contributed by atoms with Crippen molar-refractivity contribution in [1.82, 2.24) is 0 Å². The maximum absolute atomic E-state index is 11.2. The summed E-state index contributed by atoms with van der Waals surface area (Å²) < 4.78 is 10.0. The van der Waals surface area contributed by atoms with Gasteiger partial charge in [-0.05, 0) is 194 Å². The fourth-order valence-corrected chi connectivity index (χ4v) is 11.3. The fourth-order valence-electron chi connectivity index (χ4n) is 11.3. The molecule has 5 aliphatic rings. The normalized spacial score (nSPS) is 22.7. The minimum Gasteiger partial charge on any atom is -0.508 e. The van der Waals surface area contributed by atoms with Gasteiger partial charge in [0, 0.05) is 13.8 Å². The lowest BCUT2D eigenvalue weighted by Gasteiger charge is -2.54. The molecule has 60 heavy (non-hydrogen) atoms. The molecule has 0 spiro atoms. The number of benzene rings is 6. The van der Waals surface area contributed by atoms with Gasteiger partial charge in [-0.1, -0.05) is 95.8 Å². The second kappa shape index (κ2) is 16.2. The van der Waals surface area contributed by atoms with Gasteiger partial charge in [-0.15, -0.1) is 0 Å². The zero-order chi connectivity index (χ0) is 43.8. The molecule has 7 heteroatoms. The first-order chi connectivity index (χ1) is 29.2. The standard InChI is InChI=1S/C27H26O3.C25H26O2.CH4.N2.H2/c28-25-6-5-20(18-1-2-19-13-21(27(29)30)4-3-17(19)12-18)14-24(25)26-22-8-15-7-16(10-22)11-23(26)9-15;1-24(2)11-12-25(3,4)22-15-19(9-10-21(22)24)17-5-6-18-14-20(23(26)27)8-7-16(18)13-17;;1-2;/h1-6,12-16,22-23,26,28H,7-11H2,(H,29,30);5-10,13-15H,11-12H2,1-4H3,(H,26,27);1H4;;1H/i;;;;1+2T. The van der Waals surface area contributed by atoms with E-state index >= 15 is 0 Å². The first-order valence-corrected chi connectivity index (χ1v) is 21.0. The second-order valence-corrected chi connectivity index (χ2v) is 18.9. The third-order valence-electron chi connectivity index (χ3n) is 14.3. The lowest BCUT2D eigenvalue weighted by atomic mass is 9.50. The third-order valence-corrected chi connectivity index (χ3v) is 14.3. The van der Waals surface area contributed by atoms with E-state index in [0.717, 1.165) is 61.9 Å². The molecule has 11 rings (SSSR count). The Balaban J connectivity index is 0.000000190. The fraction of sp³-hybridized carbons (Fsp3) is 0.358. The van der Waals surface area contributed by atoms with Crippen LogP contribution in [0.15, 0.2) is 109 Å². The monoisotopic (exact) mass is 806 g/mol. The molecule has 0 amide bonds. The van der Waals surface area contributed by atoms with Crippen LogP contribution in [0.4, 0.5) is 0 Å². The summed E-state index contributed by atoms with van der Waals surface area (Å²) in [5, 5.41) is 45.1. The molecule has 4 bridgehead atoms. The predicted octanol–water partition coefficient (Wildman–Crippen LogP) is 13.9. The molecule has 0 radical (unpaired) electrons. The van der Waals surface area contributed by atoms with E-state index in [2.05, 4.69) is 76.2 Å². The van der Waals surface area contributed by atoms with Crippen molar-refractivity contribution in [2.45, 2.75) is 96.8 Å². The topological polar surface area (TPSA) is 142 Å². The molecular weight excluding hydrogens is 745 g/mol. The van der Waals surface area contributed by atoms with Gasteiger partial charge in [0.1, 0.15) is 5.75 Å². The Morgan fingerprint density at radius 2 is 0.950 bits per heavy atom. The Hall–Kier alpha value is -6.00. The highest BCUT2D eigenvalue weighted by molar-refractivity contribution is 5.97. The summed E-state index contributed by atoms with van der Waals surface area (Å²) in [6.07, 6.45) is 9.20. The van der Waals surface area contributed by atoms with E-state index in [-0.39, 0.29) is 18.3 Å². The molecule has 3 N–H and O–H groups in total. The minimum absolute atomic E-state index is 0. The lowest BCUT2D eigenvalue weighted by molar-refractivity contribution is -0.00345. The molecule has 0 aliphatic heterocycles. The Morgan fingerprint density at radius 3 is 1.45 bits per heavy atom. The van der Waals surface area contributed by atoms with Crippen molar-refractivity contribution in [2.24, 2.45) is 23.7 Å². The van der Waals surface area contributed by atoms with Gasteiger partial charge in [-0.2, -0.15) is 0 Å². The first-order valence-electron chi connectivity index (χ1n) is 22.0. The second-order valence-electron chi connectivity index (χ2n) is 18.9. The first kappa shape index (κ1) is 40.8. The van der Waals surface area contributed by atoms with Crippen molar-refractivity contribution in [1.29, 1.82) is 10.8 Å². The summed E-state index contributed by atoms with van der Waals surface area (Å²) in [4.78, 5) is 22.4. The van der Waals surface area contributed by atoms with Gasteiger partial charge in [0.2, 0.25) is 0 Å². The summed E-state index contributed by atoms with van der Waals surface area (Å²) in [6.45, 7) is 9.38. The highest BCUT2D eigenvalue weighted by Gasteiger charge is 2.49. The maximum Gasteiger partial charge on any atom is 0.335 e. The van der Waals surface area contributed by atoms with Crippen molar-refractivity contribution >= 4 is 33.5 Å². The van der Waals surface area contributed by atoms with E-state index < -0.39 is 11.9 Å². The summed E-state index contributed by atoms with van der Waals surface area (Å²) in [5.41, 5.74) is 9.74. The molecule has 0 atom stereocenters. The number of carboxylic acid groups (broad SMARTS) is 2. The van der Waals surface area contributed by atoms with Crippen LogP contribution in [0.5, 0.6) is 5.75 Å². The number of hydrogen-bond acceptors (Lipinski definition) is 5. The molecule has 5 aliphatic carbocycles. The quantitative estimate of drug-likeness (QED) is 0.147. The van der Waals surface area contributed by atoms with Gasteiger partial charge in [-0.25, -0.2) is 9.59 Å². The van der Waals surface area contributed by atoms with Crippen LogP contribution >= 0.6 is 0 Å².